The van der Waals surface area contributed by atoms with Crippen LogP contribution in [0.25, 0.3) is 0 Å². The summed E-state index contributed by atoms with van der Waals surface area (Å²) in [6.07, 6.45) is -3.21. The van der Waals surface area contributed by atoms with Crippen LogP contribution in [0.5, 0.6) is 5.75 Å². The number of nitrogens with zero attached hydrogens (tertiary/aromatic N) is 1. The van der Waals surface area contributed by atoms with Crippen LogP contribution in [-0.2, 0) is 11.3 Å². The average Bonchev–Trinajstić information content (AvgIpc) is 2.65. The highest BCUT2D eigenvalue weighted by atomic mass is 19.4. The lowest BCUT2D eigenvalue weighted by Gasteiger charge is -2.31. The number of halogens is 3. The van der Waals surface area contributed by atoms with Crippen molar-refractivity contribution in [1.82, 2.24) is 4.90 Å². The van der Waals surface area contributed by atoms with Crippen molar-refractivity contribution >= 4 is 11.6 Å². The van der Waals surface area contributed by atoms with Gasteiger partial charge in [-0.25, -0.2) is 0 Å². The number of carbonyl (C=O) groups is 1. The molecule has 0 radical (unpaired) electrons. The lowest BCUT2D eigenvalue weighted by atomic mass is 9.95. The monoisotopic (exact) mass is 392 g/mol. The molecule has 28 heavy (non-hydrogen) atoms. The van der Waals surface area contributed by atoms with Gasteiger partial charge in [0.1, 0.15) is 5.75 Å². The van der Waals surface area contributed by atoms with Crippen molar-refractivity contribution in [2.24, 2.45) is 5.92 Å². The zero-order valence-electron chi connectivity index (χ0n) is 15.6. The molecule has 0 bridgehead atoms. The Kier molecular flexibility index (Phi) is 6.24. The minimum Gasteiger partial charge on any atom is -0.406 e. The van der Waals surface area contributed by atoms with Crippen LogP contribution in [0.15, 0.2) is 48.5 Å². The highest BCUT2D eigenvalue weighted by molar-refractivity contribution is 5.92. The second-order valence-electron chi connectivity index (χ2n) is 7.10. The average molecular weight is 392 g/mol. The second kappa shape index (κ2) is 8.65. The van der Waals surface area contributed by atoms with E-state index >= 15 is 0 Å². The molecule has 2 aromatic rings. The molecule has 1 heterocycles. The molecule has 0 saturated carbocycles. The molecule has 1 fully saturated rings. The van der Waals surface area contributed by atoms with E-state index in [-0.39, 0.29) is 17.6 Å². The number of benzene rings is 2. The van der Waals surface area contributed by atoms with E-state index in [1.807, 2.05) is 0 Å². The van der Waals surface area contributed by atoms with Crippen molar-refractivity contribution < 1.29 is 22.7 Å². The number of alkyl halides is 3. The van der Waals surface area contributed by atoms with Gasteiger partial charge < -0.3 is 10.1 Å². The fourth-order valence-corrected chi connectivity index (χ4v) is 3.29. The van der Waals surface area contributed by atoms with Gasteiger partial charge in [-0.1, -0.05) is 29.8 Å². The van der Waals surface area contributed by atoms with Gasteiger partial charge in [0.2, 0.25) is 5.91 Å². The quantitative estimate of drug-likeness (QED) is 0.799. The first-order valence-corrected chi connectivity index (χ1v) is 9.23. The molecule has 0 spiro atoms. The molecular weight excluding hydrogens is 369 g/mol. The largest absolute Gasteiger partial charge is 0.573 e. The van der Waals surface area contributed by atoms with Crippen LogP contribution in [0.3, 0.4) is 0 Å². The van der Waals surface area contributed by atoms with E-state index in [9.17, 15) is 18.0 Å². The Morgan fingerprint density at radius 3 is 2.25 bits per heavy atom. The van der Waals surface area contributed by atoms with Crippen molar-refractivity contribution in [2.75, 3.05) is 18.4 Å². The Morgan fingerprint density at radius 2 is 1.68 bits per heavy atom. The lowest BCUT2D eigenvalue weighted by molar-refractivity contribution is -0.274. The predicted molar refractivity (Wildman–Crippen MR) is 101 cm³/mol. The van der Waals surface area contributed by atoms with E-state index < -0.39 is 6.36 Å². The summed E-state index contributed by atoms with van der Waals surface area (Å²) < 4.78 is 40.4. The first-order chi connectivity index (χ1) is 13.3. The van der Waals surface area contributed by atoms with Gasteiger partial charge in [0, 0.05) is 18.2 Å². The van der Waals surface area contributed by atoms with E-state index in [4.69, 9.17) is 0 Å². The molecule has 0 aromatic heterocycles. The number of ether oxygens (including phenoxy) is 1. The molecule has 4 nitrogen and oxygen atoms in total. The summed E-state index contributed by atoms with van der Waals surface area (Å²) >= 11 is 0. The maximum atomic E-state index is 12.4. The van der Waals surface area contributed by atoms with Gasteiger partial charge in [0.15, 0.2) is 0 Å². The van der Waals surface area contributed by atoms with E-state index in [2.05, 4.69) is 46.1 Å². The third kappa shape index (κ3) is 5.99. The summed E-state index contributed by atoms with van der Waals surface area (Å²) in [5.74, 6) is -0.505. The van der Waals surface area contributed by atoms with Gasteiger partial charge in [0.25, 0.3) is 0 Å². The SMILES string of the molecule is Cc1ccc(CN2CCC(C(=O)Nc3ccc(OC(F)(F)F)cc3)CC2)cc1. The summed E-state index contributed by atoms with van der Waals surface area (Å²) in [6.45, 7) is 4.61. The highest BCUT2D eigenvalue weighted by Crippen LogP contribution is 2.25. The van der Waals surface area contributed by atoms with Gasteiger partial charge in [-0.05, 0) is 62.7 Å². The maximum absolute atomic E-state index is 12.4. The molecule has 1 aliphatic heterocycles. The number of nitrogens with one attached hydrogen (secondary N) is 1. The number of hydrogen-bond acceptors (Lipinski definition) is 3. The van der Waals surface area contributed by atoms with Crippen LogP contribution in [0, 0.1) is 12.8 Å². The van der Waals surface area contributed by atoms with Gasteiger partial charge in [-0.3, -0.25) is 9.69 Å². The number of hydrogen-bond donors (Lipinski definition) is 1. The first-order valence-electron chi connectivity index (χ1n) is 9.23. The number of amides is 1. The van der Waals surface area contributed by atoms with E-state index in [1.54, 1.807) is 0 Å². The Hall–Kier alpha value is -2.54. The van der Waals surface area contributed by atoms with Crippen LogP contribution in [-0.4, -0.2) is 30.3 Å². The second-order valence-corrected chi connectivity index (χ2v) is 7.10. The Balaban J connectivity index is 1.46. The van der Waals surface area contributed by atoms with Crippen LogP contribution in [0.1, 0.15) is 24.0 Å². The Bertz CT molecular complexity index is 781. The van der Waals surface area contributed by atoms with Crippen LogP contribution < -0.4 is 10.1 Å². The van der Waals surface area contributed by atoms with Gasteiger partial charge in [-0.2, -0.15) is 0 Å². The lowest BCUT2D eigenvalue weighted by Crippen LogP contribution is -2.37. The zero-order chi connectivity index (χ0) is 20.1. The third-order valence-electron chi connectivity index (χ3n) is 4.84. The summed E-state index contributed by atoms with van der Waals surface area (Å²) in [4.78, 5) is 14.8. The van der Waals surface area contributed by atoms with Gasteiger partial charge in [0.05, 0.1) is 0 Å². The molecular formula is C21H23F3N2O2. The Morgan fingerprint density at radius 1 is 1.07 bits per heavy atom. The molecule has 7 heteroatoms. The topological polar surface area (TPSA) is 41.6 Å². The zero-order valence-corrected chi connectivity index (χ0v) is 15.6. The van der Waals surface area contributed by atoms with Gasteiger partial charge in [-0.15, -0.1) is 13.2 Å². The molecule has 0 unspecified atom stereocenters. The molecule has 0 atom stereocenters. The molecule has 1 saturated heterocycles. The van der Waals surface area contributed by atoms with Crippen molar-refractivity contribution in [2.45, 2.75) is 32.7 Å². The van der Waals surface area contributed by atoms with Crippen LogP contribution in [0.2, 0.25) is 0 Å². The number of carbonyl (C=O) groups excluding carboxylic acids is 1. The molecule has 150 valence electrons. The predicted octanol–water partition coefficient (Wildman–Crippen LogP) is 4.74. The minimum absolute atomic E-state index is 0.0969. The fraction of sp³-hybridized carbons (Fsp3) is 0.381. The van der Waals surface area contributed by atoms with Crippen LogP contribution in [0.4, 0.5) is 18.9 Å². The van der Waals surface area contributed by atoms with Crippen molar-refractivity contribution in [3.05, 3.63) is 59.7 Å². The number of piperidine rings is 1. The number of rotatable bonds is 5. The standard InChI is InChI=1S/C21H23F3N2O2/c1-15-2-4-16(5-3-15)14-26-12-10-17(11-13-26)20(27)25-18-6-8-19(9-7-18)28-21(22,23)24/h2-9,17H,10-14H2,1H3,(H,25,27). The molecule has 1 amide bonds. The fourth-order valence-electron chi connectivity index (χ4n) is 3.29. The molecule has 3 rings (SSSR count). The smallest absolute Gasteiger partial charge is 0.406 e. The van der Waals surface area contributed by atoms with E-state index in [0.29, 0.717) is 5.69 Å². The highest BCUT2D eigenvalue weighted by Gasteiger charge is 2.31. The number of aryl methyl sites for hydroxylation is 1. The normalized spacial score (nSPS) is 16.0. The van der Waals surface area contributed by atoms with Crippen LogP contribution >= 0.6 is 0 Å². The van der Waals surface area contributed by atoms with Crippen molar-refractivity contribution in [1.29, 1.82) is 0 Å². The Labute approximate surface area is 162 Å². The van der Waals surface area contributed by atoms with Gasteiger partial charge >= 0.3 is 6.36 Å². The number of anilines is 1. The summed E-state index contributed by atoms with van der Waals surface area (Å²) in [6, 6.07) is 13.6. The molecule has 1 aliphatic rings. The van der Waals surface area contributed by atoms with Crippen molar-refractivity contribution in [3.8, 4) is 5.75 Å². The molecule has 1 N–H and O–H groups in total. The van der Waals surface area contributed by atoms with Crippen molar-refractivity contribution in [3.63, 3.8) is 0 Å². The number of likely N-dealkylation sites (tertiary alicyclic amines) is 1. The minimum atomic E-state index is -4.72. The molecule has 2 aromatic carbocycles. The van der Waals surface area contributed by atoms with E-state index in [1.165, 1.54) is 35.4 Å². The third-order valence-corrected chi connectivity index (χ3v) is 4.84. The van der Waals surface area contributed by atoms with E-state index in [0.717, 1.165) is 32.5 Å². The first kappa shape index (κ1) is 20.2. The summed E-state index contributed by atoms with van der Waals surface area (Å²) in [5.41, 5.74) is 2.95. The summed E-state index contributed by atoms with van der Waals surface area (Å²) in [5, 5.41) is 2.78. The molecule has 0 aliphatic carbocycles. The maximum Gasteiger partial charge on any atom is 0.573 e. The summed E-state index contributed by atoms with van der Waals surface area (Å²) in [7, 11) is 0.